The molecule has 0 amide bonds. The van der Waals surface area contributed by atoms with E-state index in [2.05, 4.69) is 16.4 Å². The van der Waals surface area contributed by atoms with Gasteiger partial charge in [-0.25, -0.2) is 13.1 Å². The summed E-state index contributed by atoms with van der Waals surface area (Å²) in [6.45, 7) is 2.59. The van der Waals surface area contributed by atoms with Crippen molar-refractivity contribution >= 4 is 16.1 Å². The van der Waals surface area contributed by atoms with E-state index < -0.39 is 10.0 Å². The van der Waals surface area contributed by atoms with Crippen LogP contribution in [0.5, 0.6) is 0 Å². The minimum Gasteiger partial charge on any atom is -0.243 e. The number of allylic oxidation sites excluding steroid dienone is 1. The summed E-state index contributed by atoms with van der Waals surface area (Å²) >= 11 is 0. The Morgan fingerprint density at radius 2 is 1.86 bits per heavy atom. The molecule has 1 aliphatic heterocycles. The van der Waals surface area contributed by atoms with Gasteiger partial charge in [-0.2, -0.15) is 4.31 Å². The second-order valence-corrected chi connectivity index (χ2v) is 8.92. The molecule has 144 valence electrons. The van der Waals surface area contributed by atoms with E-state index in [-0.39, 0.29) is 12.6 Å². The van der Waals surface area contributed by atoms with Crippen LogP contribution in [0.25, 0.3) is 6.08 Å². The summed E-state index contributed by atoms with van der Waals surface area (Å²) in [5.74, 6) is 0. The number of hydrogen-bond donors (Lipinski definition) is 0. The third-order valence-corrected chi connectivity index (χ3v) is 6.75. The van der Waals surface area contributed by atoms with Gasteiger partial charge in [0.15, 0.2) is 0 Å². The van der Waals surface area contributed by atoms with E-state index in [1.54, 1.807) is 18.3 Å². The molecule has 0 spiro atoms. The zero-order valence-electron chi connectivity index (χ0n) is 15.6. The standard InChI is InChI=1S/C21H22N4O2S/c1-17-10-12-21(13-11-17)28(26,27)24-15-19(25-20(16-24)14-22-23-25)9-5-8-18-6-3-2-4-7-18/h2-8,10-14,19H,9,15-16H2,1H3/b8-5+. The lowest BCUT2D eigenvalue weighted by Gasteiger charge is -2.32. The normalized spacial score (nSPS) is 17.7. The van der Waals surface area contributed by atoms with Gasteiger partial charge in [0.2, 0.25) is 10.0 Å². The van der Waals surface area contributed by atoms with E-state index in [0.717, 1.165) is 16.8 Å². The summed E-state index contributed by atoms with van der Waals surface area (Å²) in [6, 6.07) is 16.9. The second-order valence-electron chi connectivity index (χ2n) is 6.98. The monoisotopic (exact) mass is 394 g/mol. The first-order valence-corrected chi connectivity index (χ1v) is 10.7. The Labute approximate surface area is 165 Å². The Hall–Kier alpha value is -2.77. The van der Waals surface area contributed by atoms with Gasteiger partial charge >= 0.3 is 0 Å². The van der Waals surface area contributed by atoms with Crippen molar-refractivity contribution in [2.45, 2.75) is 30.8 Å². The maximum Gasteiger partial charge on any atom is 0.243 e. The van der Waals surface area contributed by atoms with E-state index in [4.69, 9.17) is 0 Å². The van der Waals surface area contributed by atoms with Gasteiger partial charge in [-0.05, 0) is 31.0 Å². The second kappa shape index (κ2) is 7.69. The molecule has 0 aliphatic carbocycles. The minimum atomic E-state index is -3.57. The van der Waals surface area contributed by atoms with Crippen LogP contribution in [-0.2, 0) is 16.6 Å². The van der Waals surface area contributed by atoms with E-state index in [1.807, 2.05) is 60.1 Å². The highest BCUT2D eigenvalue weighted by molar-refractivity contribution is 7.89. The first-order valence-electron chi connectivity index (χ1n) is 9.21. The topological polar surface area (TPSA) is 68.1 Å². The van der Waals surface area contributed by atoms with Gasteiger partial charge in [0.25, 0.3) is 0 Å². The predicted molar refractivity (Wildman–Crippen MR) is 108 cm³/mol. The molecule has 0 fully saturated rings. The van der Waals surface area contributed by atoms with Crippen LogP contribution >= 0.6 is 0 Å². The first kappa shape index (κ1) is 18.6. The first-order chi connectivity index (χ1) is 13.5. The van der Waals surface area contributed by atoms with Crippen molar-refractivity contribution < 1.29 is 8.42 Å². The molecule has 7 heteroatoms. The number of nitrogens with zero attached hydrogens (tertiary/aromatic N) is 4. The summed E-state index contributed by atoms with van der Waals surface area (Å²) in [5.41, 5.74) is 2.95. The Morgan fingerprint density at radius 1 is 1.11 bits per heavy atom. The molecule has 1 aromatic heterocycles. The van der Waals surface area contributed by atoms with Crippen molar-refractivity contribution in [1.82, 2.24) is 19.3 Å². The molecule has 0 N–H and O–H groups in total. The van der Waals surface area contributed by atoms with Crippen LogP contribution < -0.4 is 0 Å². The molecule has 1 unspecified atom stereocenters. The van der Waals surface area contributed by atoms with Gasteiger partial charge < -0.3 is 0 Å². The summed E-state index contributed by atoms with van der Waals surface area (Å²) in [5, 5.41) is 8.16. The minimum absolute atomic E-state index is 0.0913. The molecule has 1 atom stereocenters. The van der Waals surface area contributed by atoms with Crippen molar-refractivity contribution in [2.24, 2.45) is 0 Å². The van der Waals surface area contributed by atoms with Gasteiger partial charge in [-0.1, -0.05) is 65.4 Å². The molecule has 6 nitrogen and oxygen atoms in total. The molecular weight excluding hydrogens is 372 g/mol. The van der Waals surface area contributed by atoms with E-state index in [1.165, 1.54) is 4.31 Å². The van der Waals surface area contributed by atoms with Gasteiger partial charge in [0, 0.05) is 6.54 Å². The smallest absolute Gasteiger partial charge is 0.243 e. The fourth-order valence-electron chi connectivity index (χ4n) is 3.39. The average Bonchev–Trinajstić information content (AvgIpc) is 3.18. The van der Waals surface area contributed by atoms with Gasteiger partial charge in [0.05, 0.1) is 29.4 Å². The number of benzene rings is 2. The SMILES string of the molecule is Cc1ccc(S(=O)(=O)N2Cc3cnnn3C(C/C=C/c3ccccc3)C2)cc1. The van der Waals surface area contributed by atoms with Gasteiger partial charge in [-0.15, -0.1) is 5.10 Å². The number of sulfonamides is 1. The third-order valence-electron chi connectivity index (χ3n) is 4.92. The number of hydrogen-bond acceptors (Lipinski definition) is 4. The average molecular weight is 395 g/mol. The van der Waals surface area contributed by atoms with Gasteiger partial charge in [-0.3, -0.25) is 0 Å². The van der Waals surface area contributed by atoms with Crippen LogP contribution in [0.2, 0.25) is 0 Å². The summed E-state index contributed by atoms with van der Waals surface area (Å²) < 4.78 is 29.6. The largest absolute Gasteiger partial charge is 0.243 e. The van der Waals surface area contributed by atoms with Crippen molar-refractivity contribution in [1.29, 1.82) is 0 Å². The van der Waals surface area contributed by atoms with E-state index in [0.29, 0.717) is 17.9 Å². The van der Waals surface area contributed by atoms with Crippen LogP contribution in [0.3, 0.4) is 0 Å². The van der Waals surface area contributed by atoms with Crippen molar-refractivity contribution in [2.75, 3.05) is 6.54 Å². The molecule has 0 radical (unpaired) electrons. The number of aryl methyl sites for hydroxylation is 1. The maximum absolute atomic E-state index is 13.1. The Kier molecular flexibility index (Phi) is 5.11. The molecule has 4 rings (SSSR count). The lowest BCUT2D eigenvalue weighted by molar-refractivity contribution is 0.264. The van der Waals surface area contributed by atoms with E-state index >= 15 is 0 Å². The summed E-state index contributed by atoms with van der Waals surface area (Å²) in [6.07, 6.45) is 6.42. The molecule has 1 aliphatic rings. The highest BCUT2D eigenvalue weighted by atomic mass is 32.2. The third kappa shape index (κ3) is 3.76. The number of aromatic nitrogens is 3. The van der Waals surface area contributed by atoms with Crippen molar-refractivity contribution in [3.8, 4) is 0 Å². The van der Waals surface area contributed by atoms with Crippen LogP contribution in [0, 0.1) is 6.92 Å². The fraction of sp³-hybridized carbons (Fsp3) is 0.238. The lowest BCUT2D eigenvalue weighted by Crippen LogP contribution is -2.41. The molecular formula is C21H22N4O2S. The van der Waals surface area contributed by atoms with Gasteiger partial charge in [0.1, 0.15) is 0 Å². The molecule has 2 aromatic carbocycles. The van der Waals surface area contributed by atoms with E-state index in [9.17, 15) is 8.42 Å². The zero-order valence-corrected chi connectivity index (χ0v) is 16.5. The lowest BCUT2D eigenvalue weighted by atomic mass is 10.1. The molecule has 0 saturated heterocycles. The highest BCUT2D eigenvalue weighted by Gasteiger charge is 2.33. The summed E-state index contributed by atoms with van der Waals surface area (Å²) in [7, 11) is -3.57. The molecule has 2 heterocycles. The van der Waals surface area contributed by atoms with Crippen molar-refractivity contribution in [3.63, 3.8) is 0 Å². The highest BCUT2D eigenvalue weighted by Crippen LogP contribution is 2.28. The van der Waals surface area contributed by atoms with Crippen molar-refractivity contribution in [3.05, 3.63) is 83.7 Å². The molecule has 0 bridgehead atoms. The molecule has 3 aromatic rings. The van der Waals surface area contributed by atoms with Crippen LogP contribution in [0.4, 0.5) is 0 Å². The Bertz CT molecular complexity index is 1070. The number of fused-ring (bicyclic) bond motifs is 1. The molecule has 0 saturated carbocycles. The molecule has 28 heavy (non-hydrogen) atoms. The van der Waals surface area contributed by atoms with Crippen LogP contribution in [0.1, 0.15) is 29.3 Å². The zero-order chi connectivity index (χ0) is 19.6. The van der Waals surface area contributed by atoms with Crippen LogP contribution in [0.15, 0.2) is 71.8 Å². The maximum atomic E-state index is 13.1. The predicted octanol–water partition coefficient (Wildman–Crippen LogP) is 3.44. The Balaban J connectivity index is 1.57. The summed E-state index contributed by atoms with van der Waals surface area (Å²) in [4.78, 5) is 0.317. The fourth-order valence-corrected chi connectivity index (χ4v) is 4.83. The Morgan fingerprint density at radius 3 is 2.61 bits per heavy atom. The number of rotatable bonds is 5. The van der Waals surface area contributed by atoms with Crippen LogP contribution in [-0.4, -0.2) is 34.3 Å². The quantitative estimate of drug-likeness (QED) is 0.665.